The predicted molar refractivity (Wildman–Crippen MR) is 239 cm³/mol. The van der Waals surface area contributed by atoms with Gasteiger partial charge in [0.05, 0.1) is 22.4 Å². The molecule has 0 N–H and O–H groups in total. The van der Waals surface area contributed by atoms with Gasteiger partial charge in [-0.15, -0.1) is 0 Å². The molecule has 11 rings (SSSR count). The van der Waals surface area contributed by atoms with E-state index in [9.17, 15) is 0 Å². The molecular weight excluding hydrogens is 693 g/mol. The lowest BCUT2D eigenvalue weighted by Gasteiger charge is -2.28. The first-order valence-corrected chi connectivity index (χ1v) is 19.4. The maximum absolute atomic E-state index is 6.35. The summed E-state index contributed by atoms with van der Waals surface area (Å²) in [6, 6.07) is 78.1. The summed E-state index contributed by atoms with van der Waals surface area (Å²) in [6.45, 7) is 0. The smallest absolute Gasteiger partial charge is 0.143 e. The molecule has 9 aromatic carbocycles. The highest BCUT2D eigenvalue weighted by Crippen LogP contribution is 2.44. The summed E-state index contributed by atoms with van der Waals surface area (Å²) in [5.74, 6) is 0. The van der Waals surface area contributed by atoms with Gasteiger partial charge in [0.25, 0.3) is 0 Å². The van der Waals surface area contributed by atoms with Gasteiger partial charge < -0.3 is 13.9 Å². The van der Waals surface area contributed by atoms with Crippen molar-refractivity contribution in [3.05, 3.63) is 218 Å². The van der Waals surface area contributed by atoms with Crippen LogP contribution in [0.1, 0.15) is 0 Å². The van der Waals surface area contributed by atoms with Crippen molar-refractivity contribution in [1.82, 2.24) is 4.57 Å². The van der Waals surface area contributed by atoms with Crippen LogP contribution < -0.4 is 4.90 Å². The van der Waals surface area contributed by atoms with Crippen molar-refractivity contribution >= 4 is 60.8 Å². The Labute approximate surface area is 330 Å². The molecule has 0 amide bonds. The summed E-state index contributed by atoms with van der Waals surface area (Å²) in [4.78, 5) is 2.37. The first-order chi connectivity index (χ1) is 28.3. The van der Waals surface area contributed by atoms with Crippen LogP contribution >= 0.6 is 0 Å². The number of rotatable bonds is 7. The number of fused-ring (bicyclic) bond motifs is 6. The van der Waals surface area contributed by atoms with Gasteiger partial charge in [-0.3, -0.25) is 0 Å². The van der Waals surface area contributed by atoms with Crippen molar-refractivity contribution < 1.29 is 4.42 Å². The lowest BCUT2D eigenvalue weighted by molar-refractivity contribution is 0.670. The third kappa shape index (κ3) is 5.51. The van der Waals surface area contributed by atoms with Gasteiger partial charge in [0.1, 0.15) is 11.2 Å². The third-order valence-electron chi connectivity index (χ3n) is 11.2. The van der Waals surface area contributed by atoms with Crippen molar-refractivity contribution in [2.24, 2.45) is 0 Å². The van der Waals surface area contributed by atoms with Crippen LogP contribution in [0.2, 0.25) is 0 Å². The second-order valence-corrected chi connectivity index (χ2v) is 14.5. The third-order valence-corrected chi connectivity index (χ3v) is 11.2. The molecule has 2 heterocycles. The highest BCUT2D eigenvalue weighted by atomic mass is 16.3. The number of para-hydroxylation sites is 7. The number of furan rings is 1. The molecule has 0 aliphatic heterocycles. The van der Waals surface area contributed by atoms with Gasteiger partial charge in [-0.2, -0.15) is 0 Å². The maximum atomic E-state index is 6.35. The molecule has 0 unspecified atom stereocenters. The zero-order valence-electron chi connectivity index (χ0n) is 31.1. The summed E-state index contributed by atoms with van der Waals surface area (Å²) < 4.78 is 8.77. The fraction of sp³-hybridized carbons (Fsp3) is 0. The normalized spacial score (nSPS) is 11.5. The highest BCUT2D eigenvalue weighted by molar-refractivity contribution is 6.11. The molecule has 0 aliphatic rings. The molecule has 0 saturated heterocycles. The first kappa shape index (κ1) is 32.8. The van der Waals surface area contributed by atoms with Gasteiger partial charge in [0.15, 0.2) is 0 Å². The van der Waals surface area contributed by atoms with Crippen LogP contribution in [0.3, 0.4) is 0 Å². The molecule has 0 saturated carbocycles. The van der Waals surface area contributed by atoms with Gasteiger partial charge in [0.2, 0.25) is 0 Å². The van der Waals surface area contributed by atoms with Gasteiger partial charge in [0, 0.05) is 49.6 Å². The van der Waals surface area contributed by atoms with Gasteiger partial charge in [-0.05, 0) is 71.3 Å². The Morgan fingerprint density at radius 1 is 0.333 bits per heavy atom. The van der Waals surface area contributed by atoms with E-state index in [1.165, 1.54) is 21.8 Å². The summed E-state index contributed by atoms with van der Waals surface area (Å²) in [5.41, 5.74) is 15.5. The van der Waals surface area contributed by atoms with Crippen molar-refractivity contribution in [1.29, 1.82) is 0 Å². The molecular formula is C54H36N2O. The average Bonchev–Trinajstić information content (AvgIpc) is 3.84. The van der Waals surface area contributed by atoms with E-state index in [0.29, 0.717) is 0 Å². The topological polar surface area (TPSA) is 21.3 Å². The minimum Gasteiger partial charge on any atom is -0.455 e. The molecule has 0 spiro atoms. The molecule has 3 heteroatoms. The van der Waals surface area contributed by atoms with E-state index in [2.05, 4.69) is 216 Å². The summed E-state index contributed by atoms with van der Waals surface area (Å²) in [5, 5.41) is 4.79. The minimum atomic E-state index is 0.913. The molecule has 2 aromatic heterocycles. The molecule has 0 fully saturated rings. The Balaban J connectivity index is 0.990. The summed E-state index contributed by atoms with van der Waals surface area (Å²) in [6.07, 6.45) is 0. The van der Waals surface area contributed by atoms with Crippen LogP contribution in [0.4, 0.5) is 17.1 Å². The van der Waals surface area contributed by atoms with Gasteiger partial charge in [-0.1, -0.05) is 164 Å². The van der Waals surface area contributed by atoms with E-state index in [4.69, 9.17) is 4.42 Å². The Kier molecular flexibility index (Phi) is 7.82. The fourth-order valence-corrected chi connectivity index (χ4v) is 8.60. The molecule has 0 bridgehead atoms. The van der Waals surface area contributed by atoms with Crippen LogP contribution in [0.25, 0.3) is 82.8 Å². The Morgan fingerprint density at radius 3 is 1.58 bits per heavy atom. The number of hydrogen-bond acceptors (Lipinski definition) is 2. The van der Waals surface area contributed by atoms with E-state index >= 15 is 0 Å². The van der Waals surface area contributed by atoms with Crippen LogP contribution in [0, 0.1) is 0 Å². The van der Waals surface area contributed by atoms with E-state index < -0.39 is 0 Å². The number of anilines is 3. The standard InChI is InChI=1S/C54H36N2O/c1-2-15-40(16-3-1)55(41-35-33-38(34-36-41)37-29-31-39(32-30-37)42-22-14-23-48-47-21-8-13-28-53(47)57-54(42)48)49-24-9-4-17-43(49)44-18-5-10-25-50(44)56-51-26-11-6-19-45(51)46-20-7-12-27-52(46)56/h1-36H. The molecule has 3 nitrogen and oxygen atoms in total. The number of aromatic nitrogens is 1. The molecule has 11 aromatic rings. The molecule has 0 radical (unpaired) electrons. The SMILES string of the molecule is c1ccc(N(c2ccc(-c3ccc(-c4cccc5c4oc4ccccc45)cc3)cc2)c2ccccc2-c2ccccc2-n2c3ccccc3c3ccccc32)cc1. The number of nitrogens with zero attached hydrogens (tertiary/aromatic N) is 2. The quantitative estimate of drug-likeness (QED) is 0.163. The summed E-state index contributed by atoms with van der Waals surface area (Å²) >= 11 is 0. The highest BCUT2D eigenvalue weighted by Gasteiger charge is 2.21. The zero-order valence-corrected chi connectivity index (χ0v) is 31.1. The summed E-state index contributed by atoms with van der Waals surface area (Å²) in [7, 11) is 0. The van der Waals surface area contributed by atoms with Crippen molar-refractivity contribution in [2.45, 2.75) is 0 Å². The Morgan fingerprint density at radius 2 is 0.842 bits per heavy atom. The zero-order chi connectivity index (χ0) is 37.7. The van der Waals surface area contributed by atoms with Crippen LogP contribution in [0.5, 0.6) is 0 Å². The Hall–Kier alpha value is -7.62. The first-order valence-electron chi connectivity index (χ1n) is 19.4. The van der Waals surface area contributed by atoms with E-state index in [0.717, 1.165) is 78.1 Å². The minimum absolute atomic E-state index is 0.913. The fourth-order valence-electron chi connectivity index (χ4n) is 8.60. The average molecular weight is 729 g/mol. The van der Waals surface area contributed by atoms with E-state index in [1.807, 2.05) is 12.1 Å². The van der Waals surface area contributed by atoms with Gasteiger partial charge >= 0.3 is 0 Å². The van der Waals surface area contributed by atoms with Crippen LogP contribution in [0.15, 0.2) is 223 Å². The lowest BCUT2D eigenvalue weighted by atomic mass is 9.98. The van der Waals surface area contributed by atoms with Crippen LogP contribution in [-0.2, 0) is 0 Å². The van der Waals surface area contributed by atoms with Crippen LogP contribution in [-0.4, -0.2) is 4.57 Å². The molecule has 268 valence electrons. The van der Waals surface area contributed by atoms with Crippen molar-refractivity contribution in [3.63, 3.8) is 0 Å². The van der Waals surface area contributed by atoms with E-state index in [-0.39, 0.29) is 0 Å². The largest absolute Gasteiger partial charge is 0.455 e. The van der Waals surface area contributed by atoms with E-state index in [1.54, 1.807) is 0 Å². The number of hydrogen-bond donors (Lipinski definition) is 0. The van der Waals surface area contributed by atoms with Crippen molar-refractivity contribution in [2.75, 3.05) is 4.90 Å². The Bertz CT molecular complexity index is 3170. The second-order valence-electron chi connectivity index (χ2n) is 14.5. The molecule has 57 heavy (non-hydrogen) atoms. The second kappa shape index (κ2) is 13.6. The predicted octanol–water partition coefficient (Wildman–Crippen LogP) is 15.2. The monoisotopic (exact) mass is 728 g/mol. The van der Waals surface area contributed by atoms with Gasteiger partial charge in [-0.25, -0.2) is 0 Å². The maximum Gasteiger partial charge on any atom is 0.143 e. The lowest BCUT2D eigenvalue weighted by Crippen LogP contribution is -2.11. The number of benzene rings is 9. The molecule has 0 aliphatic carbocycles. The molecule has 0 atom stereocenters. The van der Waals surface area contributed by atoms with Crippen molar-refractivity contribution in [3.8, 4) is 39.1 Å².